The number of nitrogens with zero attached hydrogens (tertiary/aromatic N) is 3. The molecule has 0 spiro atoms. The minimum absolute atomic E-state index is 0.416. The summed E-state index contributed by atoms with van der Waals surface area (Å²) in [4.78, 5) is 10.0. The van der Waals surface area contributed by atoms with Crippen molar-refractivity contribution in [3.05, 3.63) is 109 Å². The lowest BCUT2D eigenvalue weighted by atomic mass is 9.79. The van der Waals surface area contributed by atoms with Crippen LogP contribution in [0.15, 0.2) is 109 Å². The molecule has 5 nitrogen and oxygen atoms in total. The van der Waals surface area contributed by atoms with Gasteiger partial charge in [0, 0.05) is 21.9 Å². The van der Waals surface area contributed by atoms with Gasteiger partial charge in [0.1, 0.15) is 0 Å². The molecule has 1 aliphatic rings. The number of fused-ring (bicyclic) bond motifs is 3. The van der Waals surface area contributed by atoms with Gasteiger partial charge in [-0.05, 0) is 45.3 Å². The van der Waals surface area contributed by atoms with Crippen molar-refractivity contribution in [3.63, 3.8) is 0 Å². The second-order valence-electron chi connectivity index (χ2n) is 11.4. The standard InChI is InChI=1S/C34H30BN3O2/c1-33(2)34(3,4)40-35(39-33)25-19-20-27-26-17-11-12-18-28(26)38(29(27)21-25)30-22-36-32(24-15-9-6-10-16-24)37-31(30)23-13-7-5-8-14-23/h5-22H,1-4H3. The van der Waals surface area contributed by atoms with Crippen LogP contribution in [-0.4, -0.2) is 32.9 Å². The third-order valence-electron chi connectivity index (χ3n) is 8.31. The smallest absolute Gasteiger partial charge is 0.399 e. The van der Waals surface area contributed by atoms with Crippen LogP contribution in [0, 0.1) is 0 Å². The zero-order chi connectivity index (χ0) is 27.5. The first-order chi connectivity index (χ1) is 19.3. The summed E-state index contributed by atoms with van der Waals surface area (Å²) in [6.07, 6.45) is 1.95. The molecule has 1 fully saturated rings. The number of rotatable bonds is 4. The fraction of sp³-hybridized carbons (Fsp3) is 0.176. The van der Waals surface area contributed by atoms with Crippen LogP contribution >= 0.6 is 0 Å². The molecule has 6 aromatic rings. The number of hydrogen-bond donors (Lipinski definition) is 0. The molecule has 0 saturated carbocycles. The summed E-state index contributed by atoms with van der Waals surface area (Å²) in [5, 5.41) is 2.33. The van der Waals surface area contributed by atoms with E-state index < -0.39 is 18.3 Å². The van der Waals surface area contributed by atoms with Crippen molar-refractivity contribution in [2.24, 2.45) is 0 Å². The Morgan fingerprint density at radius 3 is 1.95 bits per heavy atom. The molecule has 1 aliphatic heterocycles. The predicted molar refractivity (Wildman–Crippen MR) is 163 cm³/mol. The summed E-state index contributed by atoms with van der Waals surface area (Å²) in [6.45, 7) is 8.33. The molecular formula is C34H30BN3O2. The molecule has 2 aromatic heterocycles. The van der Waals surface area contributed by atoms with Gasteiger partial charge < -0.3 is 13.9 Å². The molecule has 196 valence electrons. The zero-order valence-corrected chi connectivity index (χ0v) is 23.1. The highest BCUT2D eigenvalue weighted by Gasteiger charge is 2.51. The molecule has 4 aromatic carbocycles. The van der Waals surface area contributed by atoms with Crippen molar-refractivity contribution in [3.8, 4) is 28.3 Å². The summed E-state index contributed by atoms with van der Waals surface area (Å²) in [5.74, 6) is 0.696. The van der Waals surface area contributed by atoms with Crippen LogP contribution in [0.2, 0.25) is 0 Å². The normalized spacial score (nSPS) is 16.1. The monoisotopic (exact) mass is 523 g/mol. The number of aromatic nitrogens is 3. The molecule has 0 bridgehead atoms. The first-order valence-corrected chi connectivity index (χ1v) is 13.7. The summed E-state index contributed by atoms with van der Waals surface area (Å²) < 4.78 is 15.1. The van der Waals surface area contributed by atoms with Crippen LogP contribution in [0.5, 0.6) is 0 Å². The van der Waals surface area contributed by atoms with Gasteiger partial charge in [-0.1, -0.05) is 91.0 Å². The van der Waals surface area contributed by atoms with Gasteiger partial charge in [-0.15, -0.1) is 0 Å². The molecule has 1 saturated heterocycles. The van der Waals surface area contributed by atoms with Gasteiger partial charge >= 0.3 is 7.12 Å². The number of para-hydroxylation sites is 1. The summed E-state index contributed by atoms with van der Waals surface area (Å²) >= 11 is 0. The first-order valence-electron chi connectivity index (χ1n) is 13.7. The molecule has 0 radical (unpaired) electrons. The van der Waals surface area contributed by atoms with Gasteiger partial charge in [-0.2, -0.15) is 0 Å². The third kappa shape index (κ3) is 3.95. The van der Waals surface area contributed by atoms with Crippen molar-refractivity contribution < 1.29 is 9.31 Å². The van der Waals surface area contributed by atoms with Gasteiger partial charge in [0.2, 0.25) is 0 Å². The highest BCUT2D eigenvalue weighted by Crippen LogP contribution is 2.38. The largest absolute Gasteiger partial charge is 0.494 e. The SMILES string of the molecule is CC1(C)OB(c2ccc3c4ccccc4n(-c4cnc(-c5ccccc5)nc4-c4ccccc4)c3c2)OC1(C)C. The lowest BCUT2D eigenvalue weighted by Gasteiger charge is -2.32. The van der Waals surface area contributed by atoms with E-state index in [0.29, 0.717) is 5.82 Å². The molecule has 40 heavy (non-hydrogen) atoms. The molecule has 7 rings (SSSR count). The van der Waals surface area contributed by atoms with Gasteiger partial charge in [0.15, 0.2) is 5.82 Å². The van der Waals surface area contributed by atoms with E-state index in [4.69, 9.17) is 19.3 Å². The second-order valence-corrected chi connectivity index (χ2v) is 11.4. The van der Waals surface area contributed by atoms with Crippen LogP contribution in [-0.2, 0) is 9.31 Å². The lowest BCUT2D eigenvalue weighted by molar-refractivity contribution is 0.00578. The average molecular weight is 523 g/mol. The van der Waals surface area contributed by atoms with Crippen LogP contribution < -0.4 is 5.46 Å². The van der Waals surface area contributed by atoms with E-state index in [1.807, 2.05) is 54.7 Å². The van der Waals surface area contributed by atoms with Crippen LogP contribution in [0.4, 0.5) is 0 Å². The molecule has 0 amide bonds. The van der Waals surface area contributed by atoms with E-state index in [2.05, 4.69) is 86.9 Å². The molecule has 0 atom stereocenters. The molecule has 6 heteroatoms. The fourth-order valence-electron chi connectivity index (χ4n) is 5.45. The van der Waals surface area contributed by atoms with E-state index in [9.17, 15) is 0 Å². The van der Waals surface area contributed by atoms with Crippen molar-refractivity contribution in [1.82, 2.24) is 14.5 Å². The lowest BCUT2D eigenvalue weighted by Crippen LogP contribution is -2.41. The number of benzene rings is 4. The number of hydrogen-bond acceptors (Lipinski definition) is 4. The van der Waals surface area contributed by atoms with Gasteiger partial charge in [-0.25, -0.2) is 9.97 Å². The van der Waals surface area contributed by atoms with Gasteiger partial charge in [0.05, 0.1) is 39.8 Å². The Kier molecular flexibility index (Phi) is 5.67. The van der Waals surface area contributed by atoms with Crippen LogP contribution in [0.25, 0.3) is 50.1 Å². The maximum atomic E-state index is 6.42. The molecule has 0 N–H and O–H groups in total. The highest BCUT2D eigenvalue weighted by atomic mass is 16.7. The van der Waals surface area contributed by atoms with E-state index in [1.165, 1.54) is 5.39 Å². The second kappa shape index (κ2) is 9.15. The van der Waals surface area contributed by atoms with Gasteiger partial charge in [0.25, 0.3) is 0 Å². The van der Waals surface area contributed by atoms with E-state index in [-0.39, 0.29) is 0 Å². The maximum absolute atomic E-state index is 6.42. The van der Waals surface area contributed by atoms with Gasteiger partial charge in [-0.3, -0.25) is 0 Å². The minimum atomic E-state index is -0.453. The Labute approximate surface area is 234 Å². The van der Waals surface area contributed by atoms with Crippen molar-refractivity contribution in [1.29, 1.82) is 0 Å². The molecule has 3 heterocycles. The third-order valence-corrected chi connectivity index (χ3v) is 8.31. The fourth-order valence-corrected chi connectivity index (χ4v) is 5.45. The van der Waals surface area contributed by atoms with E-state index >= 15 is 0 Å². The highest BCUT2D eigenvalue weighted by molar-refractivity contribution is 6.62. The molecule has 0 aliphatic carbocycles. The Bertz CT molecular complexity index is 1850. The van der Waals surface area contributed by atoms with E-state index in [0.717, 1.165) is 44.4 Å². The van der Waals surface area contributed by atoms with E-state index in [1.54, 1.807) is 0 Å². The predicted octanol–water partition coefficient (Wildman–Crippen LogP) is 7.21. The summed E-state index contributed by atoms with van der Waals surface area (Å²) in [7, 11) is -0.453. The van der Waals surface area contributed by atoms with Crippen molar-refractivity contribution >= 4 is 34.4 Å². The minimum Gasteiger partial charge on any atom is -0.399 e. The summed E-state index contributed by atoms with van der Waals surface area (Å²) in [6, 6.07) is 35.4. The Hall–Kier alpha value is -4.26. The topological polar surface area (TPSA) is 49.2 Å². The Morgan fingerprint density at radius 2 is 1.25 bits per heavy atom. The maximum Gasteiger partial charge on any atom is 0.494 e. The molecule has 0 unspecified atom stereocenters. The zero-order valence-electron chi connectivity index (χ0n) is 23.1. The van der Waals surface area contributed by atoms with Crippen LogP contribution in [0.1, 0.15) is 27.7 Å². The van der Waals surface area contributed by atoms with Crippen molar-refractivity contribution in [2.75, 3.05) is 0 Å². The quantitative estimate of drug-likeness (QED) is 0.229. The Morgan fingerprint density at radius 1 is 0.650 bits per heavy atom. The first kappa shape index (κ1) is 24.8. The van der Waals surface area contributed by atoms with Crippen LogP contribution in [0.3, 0.4) is 0 Å². The molecular weight excluding hydrogens is 493 g/mol. The average Bonchev–Trinajstić information content (AvgIpc) is 3.42. The summed E-state index contributed by atoms with van der Waals surface area (Å²) in [5.41, 5.74) is 6.11. The Balaban J connectivity index is 1.48. The van der Waals surface area contributed by atoms with Crippen molar-refractivity contribution in [2.45, 2.75) is 38.9 Å².